The number of benzene rings is 2. The fourth-order valence-corrected chi connectivity index (χ4v) is 4.12. The lowest BCUT2D eigenvalue weighted by Gasteiger charge is -2.09. The molecule has 184 valence electrons. The summed E-state index contributed by atoms with van der Waals surface area (Å²) in [6, 6.07) is 10.9. The van der Waals surface area contributed by atoms with Gasteiger partial charge < -0.3 is 19.1 Å². The Kier molecular flexibility index (Phi) is 6.19. The highest BCUT2D eigenvalue weighted by molar-refractivity contribution is 6.07. The first-order valence-electron chi connectivity index (χ1n) is 11.4. The van der Waals surface area contributed by atoms with Crippen LogP contribution in [0.5, 0.6) is 5.75 Å². The molecule has 5 aromatic rings. The maximum atomic E-state index is 13.6. The highest BCUT2D eigenvalue weighted by Crippen LogP contribution is 2.29. The number of carbonyl (C=O) groups is 1. The number of hydrogen-bond acceptors (Lipinski definition) is 7. The van der Waals surface area contributed by atoms with Crippen molar-refractivity contribution in [1.82, 2.24) is 24.3 Å². The van der Waals surface area contributed by atoms with Crippen molar-refractivity contribution in [2.75, 3.05) is 12.4 Å². The van der Waals surface area contributed by atoms with E-state index in [1.165, 1.54) is 29.1 Å². The summed E-state index contributed by atoms with van der Waals surface area (Å²) in [6.07, 6.45) is 2.96. The van der Waals surface area contributed by atoms with Crippen LogP contribution in [0.25, 0.3) is 21.9 Å². The number of ether oxygens (including phenoxy) is 1. The molecule has 0 bridgehead atoms. The summed E-state index contributed by atoms with van der Waals surface area (Å²) >= 11 is 0. The van der Waals surface area contributed by atoms with Crippen LogP contribution in [0.1, 0.15) is 25.1 Å². The molecule has 0 unspecified atom stereocenters. The number of amides is 1. The molecular formula is C25H23FN6O4. The molecule has 0 atom stereocenters. The molecule has 10 nitrogen and oxygen atoms in total. The second-order valence-corrected chi connectivity index (χ2v) is 8.26. The van der Waals surface area contributed by atoms with Crippen molar-refractivity contribution in [2.45, 2.75) is 32.9 Å². The number of hydrogen-bond donors (Lipinski definition) is 1. The maximum absolute atomic E-state index is 13.6. The van der Waals surface area contributed by atoms with Crippen LogP contribution in [0, 0.1) is 5.82 Å². The standard InChI is InChI=1S/C25H23FN6O4/c1-3-5-20-29-22(36-30-20)13-31-14-27-23-18-11-17(35-2)8-9-19(18)32(24(23)25(31)34)12-21(33)28-16-7-4-6-15(26)10-16/h4,6-11,14H,3,5,12-13H2,1-2H3,(H,28,33). The topological polar surface area (TPSA) is 117 Å². The Morgan fingerprint density at radius 3 is 2.86 bits per heavy atom. The van der Waals surface area contributed by atoms with Gasteiger partial charge in [-0.05, 0) is 42.8 Å². The lowest BCUT2D eigenvalue weighted by atomic mass is 10.2. The molecule has 0 aliphatic heterocycles. The molecule has 1 N–H and O–H groups in total. The summed E-state index contributed by atoms with van der Waals surface area (Å²) in [7, 11) is 1.55. The minimum atomic E-state index is -0.466. The van der Waals surface area contributed by atoms with Gasteiger partial charge in [0.15, 0.2) is 5.82 Å². The maximum Gasteiger partial charge on any atom is 0.278 e. The van der Waals surface area contributed by atoms with Gasteiger partial charge in [-0.25, -0.2) is 9.37 Å². The van der Waals surface area contributed by atoms with Gasteiger partial charge in [-0.1, -0.05) is 18.1 Å². The van der Waals surface area contributed by atoms with Crippen molar-refractivity contribution < 1.29 is 18.4 Å². The molecule has 0 aliphatic rings. The Morgan fingerprint density at radius 2 is 2.08 bits per heavy atom. The van der Waals surface area contributed by atoms with E-state index in [-0.39, 0.29) is 30.1 Å². The normalized spacial score (nSPS) is 11.3. The van der Waals surface area contributed by atoms with Crippen LogP contribution < -0.4 is 15.6 Å². The Balaban J connectivity index is 1.58. The van der Waals surface area contributed by atoms with Gasteiger partial charge in [-0.2, -0.15) is 4.98 Å². The summed E-state index contributed by atoms with van der Waals surface area (Å²) < 4.78 is 27.2. The van der Waals surface area contributed by atoms with E-state index in [0.717, 1.165) is 6.42 Å². The van der Waals surface area contributed by atoms with E-state index in [4.69, 9.17) is 9.26 Å². The number of nitrogens with zero attached hydrogens (tertiary/aromatic N) is 5. The fourth-order valence-electron chi connectivity index (χ4n) is 4.12. The van der Waals surface area contributed by atoms with E-state index in [1.807, 2.05) is 6.92 Å². The molecular weight excluding hydrogens is 467 g/mol. The van der Waals surface area contributed by atoms with Crippen LogP contribution in [-0.2, 0) is 24.3 Å². The Labute approximate surface area is 204 Å². The van der Waals surface area contributed by atoms with E-state index in [1.54, 1.807) is 35.9 Å². The molecule has 3 heterocycles. The van der Waals surface area contributed by atoms with Crippen LogP contribution in [0.2, 0.25) is 0 Å². The molecule has 0 radical (unpaired) electrons. The quantitative estimate of drug-likeness (QED) is 0.354. The number of anilines is 1. The predicted molar refractivity (Wildman–Crippen MR) is 130 cm³/mol. The third kappa shape index (κ3) is 4.42. The lowest BCUT2D eigenvalue weighted by molar-refractivity contribution is -0.116. The monoisotopic (exact) mass is 490 g/mol. The van der Waals surface area contributed by atoms with Gasteiger partial charge in [0.2, 0.25) is 11.8 Å². The van der Waals surface area contributed by atoms with Crippen molar-refractivity contribution in [1.29, 1.82) is 0 Å². The number of nitrogens with one attached hydrogen (secondary N) is 1. The molecule has 11 heteroatoms. The molecule has 0 saturated carbocycles. The summed E-state index contributed by atoms with van der Waals surface area (Å²) in [6.45, 7) is 1.86. The molecule has 0 spiro atoms. The van der Waals surface area contributed by atoms with Crippen LogP contribution in [0.3, 0.4) is 0 Å². The summed E-state index contributed by atoms with van der Waals surface area (Å²) in [4.78, 5) is 35.4. The molecule has 0 fully saturated rings. The van der Waals surface area contributed by atoms with Crippen molar-refractivity contribution in [3.8, 4) is 5.75 Å². The SMILES string of the molecule is CCCc1noc(Cn2cnc3c4cc(OC)ccc4n(CC(=O)Nc4cccc(F)c4)c3c2=O)n1. The zero-order valence-electron chi connectivity index (χ0n) is 19.7. The first-order chi connectivity index (χ1) is 17.5. The number of aryl methyl sites for hydroxylation is 1. The molecule has 0 saturated heterocycles. The van der Waals surface area contributed by atoms with Gasteiger partial charge >= 0.3 is 0 Å². The molecule has 5 rings (SSSR count). The third-order valence-electron chi connectivity index (χ3n) is 5.73. The number of rotatable bonds is 8. The van der Waals surface area contributed by atoms with E-state index in [2.05, 4.69) is 20.4 Å². The third-order valence-corrected chi connectivity index (χ3v) is 5.73. The molecule has 2 aromatic carbocycles. The summed E-state index contributed by atoms with van der Waals surface area (Å²) in [5, 5.41) is 7.27. The van der Waals surface area contributed by atoms with Crippen molar-refractivity contribution in [2.24, 2.45) is 0 Å². The molecule has 0 aliphatic carbocycles. The minimum Gasteiger partial charge on any atom is -0.497 e. The summed E-state index contributed by atoms with van der Waals surface area (Å²) in [5.41, 5.74) is 1.25. The smallest absolute Gasteiger partial charge is 0.278 e. The Bertz CT molecular complexity index is 1640. The van der Waals surface area contributed by atoms with Gasteiger partial charge in [0.1, 0.15) is 35.7 Å². The van der Waals surface area contributed by atoms with E-state index >= 15 is 0 Å². The highest BCUT2D eigenvalue weighted by atomic mass is 19.1. The first kappa shape index (κ1) is 23.2. The van der Waals surface area contributed by atoms with Crippen molar-refractivity contribution in [3.05, 3.63) is 76.7 Å². The van der Waals surface area contributed by atoms with Gasteiger partial charge in [0.25, 0.3) is 5.56 Å². The number of halogens is 1. The number of fused-ring (bicyclic) bond motifs is 3. The first-order valence-corrected chi connectivity index (χ1v) is 11.4. The van der Waals surface area contributed by atoms with E-state index in [0.29, 0.717) is 40.1 Å². The molecule has 1 amide bonds. The van der Waals surface area contributed by atoms with E-state index < -0.39 is 11.7 Å². The van der Waals surface area contributed by atoms with Crippen LogP contribution >= 0.6 is 0 Å². The minimum absolute atomic E-state index is 0.0405. The lowest BCUT2D eigenvalue weighted by Crippen LogP contribution is -2.25. The van der Waals surface area contributed by atoms with Gasteiger partial charge in [0.05, 0.1) is 19.0 Å². The van der Waals surface area contributed by atoms with Gasteiger partial charge in [0, 0.05) is 17.5 Å². The van der Waals surface area contributed by atoms with Gasteiger partial charge in [-0.3, -0.25) is 14.2 Å². The summed E-state index contributed by atoms with van der Waals surface area (Å²) in [5.74, 6) is 0.559. The van der Waals surface area contributed by atoms with Crippen LogP contribution in [-0.4, -0.2) is 37.3 Å². The zero-order valence-corrected chi connectivity index (χ0v) is 19.7. The highest BCUT2D eigenvalue weighted by Gasteiger charge is 2.20. The van der Waals surface area contributed by atoms with Gasteiger partial charge in [-0.15, -0.1) is 0 Å². The second-order valence-electron chi connectivity index (χ2n) is 8.26. The predicted octanol–water partition coefficient (Wildman–Crippen LogP) is 3.52. The Morgan fingerprint density at radius 1 is 1.22 bits per heavy atom. The average Bonchev–Trinajstić information content (AvgIpc) is 3.43. The number of methoxy groups -OCH3 is 1. The second kappa shape index (κ2) is 9.61. The average molecular weight is 490 g/mol. The molecule has 36 heavy (non-hydrogen) atoms. The fraction of sp³-hybridized carbons (Fsp3) is 0.240. The van der Waals surface area contributed by atoms with Crippen LogP contribution in [0.15, 0.2) is 58.1 Å². The van der Waals surface area contributed by atoms with Crippen LogP contribution in [0.4, 0.5) is 10.1 Å². The number of aromatic nitrogens is 5. The molecule has 3 aromatic heterocycles. The van der Waals surface area contributed by atoms with Crippen molar-refractivity contribution >= 4 is 33.5 Å². The number of carbonyl (C=O) groups excluding carboxylic acids is 1. The van der Waals surface area contributed by atoms with E-state index in [9.17, 15) is 14.0 Å². The zero-order chi connectivity index (χ0) is 25.2. The van der Waals surface area contributed by atoms with Crippen molar-refractivity contribution in [3.63, 3.8) is 0 Å². The largest absolute Gasteiger partial charge is 0.497 e. The Hall–Kier alpha value is -4.54.